The largest absolute Gasteiger partial charge is 0.309 e. The molecular weight excluding hydrogens is 279 g/mol. The first-order valence-corrected chi connectivity index (χ1v) is 6.36. The first-order valence-electron chi connectivity index (χ1n) is 6.36. The van der Waals surface area contributed by atoms with Gasteiger partial charge in [0, 0.05) is 17.3 Å². The Balaban J connectivity index is 2.17. The number of pyridine rings is 1. The quantitative estimate of drug-likeness (QED) is 0.752. The Morgan fingerprint density at radius 3 is 2.62 bits per heavy atom. The third-order valence-electron chi connectivity index (χ3n) is 3.43. The topological polar surface area (TPSA) is 29.3 Å². The molecule has 0 aliphatic heterocycles. The van der Waals surface area contributed by atoms with Crippen LogP contribution in [0.5, 0.6) is 0 Å². The summed E-state index contributed by atoms with van der Waals surface area (Å²) < 4.78 is 42.2. The molecule has 1 N–H and O–H groups in total. The number of halogens is 3. The molecule has 0 aliphatic rings. The van der Waals surface area contributed by atoms with Gasteiger partial charge in [-0.25, -0.2) is 17.7 Å². The predicted octanol–water partition coefficient (Wildman–Crippen LogP) is 3.06. The Kier molecular flexibility index (Phi) is 3.39. The first-order chi connectivity index (χ1) is 10.1. The number of nitrogens with one attached hydrogen (secondary N) is 1. The summed E-state index contributed by atoms with van der Waals surface area (Å²) in [6.45, 7) is 0. The van der Waals surface area contributed by atoms with Crippen molar-refractivity contribution in [1.82, 2.24) is 14.9 Å². The molecule has 1 unspecified atom stereocenters. The number of benzene rings is 1. The molecule has 2 aromatic heterocycles. The van der Waals surface area contributed by atoms with Crippen LogP contribution >= 0.6 is 0 Å². The molecule has 3 nitrogen and oxygen atoms in total. The molecule has 3 aromatic rings. The van der Waals surface area contributed by atoms with E-state index in [2.05, 4.69) is 10.4 Å². The van der Waals surface area contributed by atoms with Crippen molar-refractivity contribution in [3.63, 3.8) is 0 Å². The molecule has 0 fully saturated rings. The molecule has 2 heterocycles. The molecule has 6 heteroatoms. The number of hydrogen-bond acceptors (Lipinski definition) is 2. The van der Waals surface area contributed by atoms with E-state index >= 15 is 0 Å². The summed E-state index contributed by atoms with van der Waals surface area (Å²) >= 11 is 0. The molecule has 21 heavy (non-hydrogen) atoms. The zero-order chi connectivity index (χ0) is 15.0. The molecule has 0 bridgehead atoms. The van der Waals surface area contributed by atoms with E-state index in [4.69, 9.17) is 0 Å². The highest BCUT2D eigenvalue weighted by atomic mass is 19.2. The second-order valence-corrected chi connectivity index (χ2v) is 4.62. The van der Waals surface area contributed by atoms with Gasteiger partial charge < -0.3 is 5.32 Å². The lowest BCUT2D eigenvalue weighted by molar-refractivity contribution is 0.435. The van der Waals surface area contributed by atoms with Gasteiger partial charge in [-0.1, -0.05) is 12.1 Å². The maximum absolute atomic E-state index is 14.0. The lowest BCUT2D eigenvalue weighted by Gasteiger charge is -2.17. The second kappa shape index (κ2) is 5.21. The van der Waals surface area contributed by atoms with E-state index < -0.39 is 23.5 Å². The Bertz CT molecular complexity index is 798. The lowest BCUT2D eigenvalue weighted by atomic mass is 9.99. The third-order valence-corrected chi connectivity index (χ3v) is 3.43. The van der Waals surface area contributed by atoms with Crippen LogP contribution < -0.4 is 5.32 Å². The summed E-state index contributed by atoms with van der Waals surface area (Å²) in [6.07, 6.45) is 3.34. The molecule has 0 amide bonds. The Morgan fingerprint density at radius 1 is 1.05 bits per heavy atom. The van der Waals surface area contributed by atoms with Gasteiger partial charge in [-0.05, 0) is 25.2 Å². The maximum Gasteiger partial charge on any atom is 0.194 e. The SMILES string of the molecule is CNC(c1ccc(F)c(F)c1F)c1cnn2ccccc12. The molecule has 3 rings (SSSR count). The lowest BCUT2D eigenvalue weighted by Crippen LogP contribution is -2.19. The predicted molar refractivity (Wildman–Crippen MR) is 72.4 cm³/mol. The summed E-state index contributed by atoms with van der Waals surface area (Å²) in [5.41, 5.74) is 1.49. The van der Waals surface area contributed by atoms with E-state index in [1.807, 2.05) is 18.2 Å². The van der Waals surface area contributed by atoms with E-state index in [1.165, 1.54) is 6.07 Å². The van der Waals surface area contributed by atoms with Crippen molar-refractivity contribution in [3.8, 4) is 0 Å². The van der Waals surface area contributed by atoms with E-state index in [0.717, 1.165) is 11.6 Å². The van der Waals surface area contributed by atoms with E-state index in [-0.39, 0.29) is 5.56 Å². The summed E-state index contributed by atoms with van der Waals surface area (Å²) in [7, 11) is 1.62. The van der Waals surface area contributed by atoms with Crippen LogP contribution in [0.15, 0.2) is 42.7 Å². The van der Waals surface area contributed by atoms with Crippen LogP contribution in [0.3, 0.4) is 0 Å². The maximum atomic E-state index is 14.0. The van der Waals surface area contributed by atoms with Crippen molar-refractivity contribution in [2.24, 2.45) is 0 Å². The van der Waals surface area contributed by atoms with Crippen molar-refractivity contribution in [2.75, 3.05) is 7.05 Å². The molecular formula is C15H12F3N3. The summed E-state index contributed by atoms with van der Waals surface area (Å²) in [4.78, 5) is 0. The Labute approximate surface area is 119 Å². The van der Waals surface area contributed by atoms with Crippen molar-refractivity contribution < 1.29 is 13.2 Å². The fourth-order valence-electron chi connectivity index (χ4n) is 2.42. The van der Waals surface area contributed by atoms with Crippen molar-refractivity contribution >= 4 is 5.52 Å². The van der Waals surface area contributed by atoms with Gasteiger partial charge >= 0.3 is 0 Å². The molecule has 0 aliphatic carbocycles. The van der Waals surface area contributed by atoms with Gasteiger partial charge in [0.25, 0.3) is 0 Å². The highest BCUT2D eigenvalue weighted by Gasteiger charge is 2.23. The number of aromatic nitrogens is 2. The van der Waals surface area contributed by atoms with Crippen molar-refractivity contribution in [2.45, 2.75) is 6.04 Å². The van der Waals surface area contributed by atoms with Gasteiger partial charge in [0.2, 0.25) is 0 Å². The normalized spacial score (nSPS) is 12.8. The van der Waals surface area contributed by atoms with Crippen LogP contribution in [0.4, 0.5) is 13.2 Å². The van der Waals surface area contributed by atoms with Gasteiger partial charge in [0.15, 0.2) is 17.5 Å². The van der Waals surface area contributed by atoms with Crippen LogP contribution in [0.1, 0.15) is 17.2 Å². The first kappa shape index (κ1) is 13.6. The molecule has 0 saturated heterocycles. The summed E-state index contributed by atoms with van der Waals surface area (Å²) in [5.74, 6) is -3.86. The molecule has 0 spiro atoms. The molecule has 0 radical (unpaired) electrons. The molecule has 0 saturated carbocycles. The third kappa shape index (κ3) is 2.17. The van der Waals surface area contributed by atoms with Gasteiger partial charge in [-0.15, -0.1) is 0 Å². The van der Waals surface area contributed by atoms with Crippen molar-refractivity contribution in [3.05, 3.63) is 71.3 Å². The molecule has 108 valence electrons. The number of rotatable bonds is 3. The number of nitrogens with zero attached hydrogens (tertiary/aromatic N) is 2. The van der Waals surface area contributed by atoms with E-state index in [9.17, 15) is 13.2 Å². The van der Waals surface area contributed by atoms with Gasteiger partial charge in [0.1, 0.15) is 0 Å². The zero-order valence-corrected chi connectivity index (χ0v) is 11.1. The van der Waals surface area contributed by atoms with E-state index in [0.29, 0.717) is 5.56 Å². The standard InChI is InChI=1S/C15H12F3N3/c1-19-15(9-5-6-11(16)14(18)13(9)17)10-8-20-21-7-3-2-4-12(10)21/h2-8,15,19H,1H3. The fourth-order valence-corrected chi connectivity index (χ4v) is 2.42. The average Bonchev–Trinajstić information content (AvgIpc) is 2.92. The minimum absolute atomic E-state index is 0.0372. The van der Waals surface area contributed by atoms with Gasteiger partial charge in [-0.3, -0.25) is 0 Å². The molecule has 1 atom stereocenters. The van der Waals surface area contributed by atoms with Crippen LogP contribution in [0.25, 0.3) is 5.52 Å². The van der Waals surface area contributed by atoms with E-state index in [1.54, 1.807) is 24.0 Å². The number of hydrogen-bond donors (Lipinski definition) is 1. The Hall–Kier alpha value is -2.34. The minimum atomic E-state index is -1.47. The smallest absolute Gasteiger partial charge is 0.194 e. The Morgan fingerprint density at radius 2 is 1.86 bits per heavy atom. The minimum Gasteiger partial charge on any atom is -0.309 e. The van der Waals surface area contributed by atoms with Crippen LogP contribution in [-0.4, -0.2) is 16.7 Å². The molecule has 1 aromatic carbocycles. The summed E-state index contributed by atoms with van der Waals surface area (Å²) in [5, 5.41) is 7.09. The number of fused-ring (bicyclic) bond motifs is 1. The van der Waals surface area contributed by atoms with Gasteiger partial charge in [-0.2, -0.15) is 5.10 Å². The van der Waals surface area contributed by atoms with Gasteiger partial charge in [0.05, 0.1) is 17.8 Å². The average molecular weight is 291 g/mol. The fraction of sp³-hybridized carbons (Fsp3) is 0.133. The van der Waals surface area contributed by atoms with Crippen LogP contribution in [0, 0.1) is 17.5 Å². The zero-order valence-electron chi connectivity index (χ0n) is 11.1. The van der Waals surface area contributed by atoms with Crippen LogP contribution in [-0.2, 0) is 0 Å². The summed E-state index contributed by atoms with van der Waals surface area (Å²) in [6, 6.07) is 7.00. The highest BCUT2D eigenvalue weighted by Crippen LogP contribution is 2.29. The monoisotopic (exact) mass is 291 g/mol. The van der Waals surface area contributed by atoms with Crippen LogP contribution in [0.2, 0.25) is 0 Å². The highest BCUT2D eigenvalue weighted by molar-refractivity contribution is 5.57. The van der Waals surface area contributed by atoms with Crippen molar-refractivity contribution in [1.29, 1.82) is 0 Å². The second-order valence-electron chi connectivity index (χ2n) is 4.62.